The Kier molecular flexibility index (Phi) is 3.90. The molecule has 1 rings (SSSR count). The molecule has 0 aliphatic carbocycles. The third-order valence-electron chi connectivity index (χ3n) is 2.49. The van der Waals surface area contributed by atoms with Crippen molar-refractivity contribution >= 4 is 11.6 Å². The van der Waals surface area contributed by atoms with Gasteiger partial charge in [-0.2, -0.15) is 0 Å². The highest BCUT2D eigenvalue weighted by molar-refractivity contribution is 6.18. The molecule has 78 valence electrons. The van der Waals surface area contributed by atoms with E-state index in [-0.39, 0.29) is 5.54 Å². The van der Waals surface area contributed by atoms with Crippen molar-refractivity contribution in [1.82, 2.24) is 9.88 Å². The van der Waals surface area contributed by atoms with E-state index in [0.29, 0.717) is 5.88 Å². The van der Waals surface area contributed by atoms with E-state index in [1.165, 1.54) is 0 Å². The quantitative estimate of drug-likeness (QED) is 0.714. The summed E-state index contributed by atoms with van der Waals surface area (Å²) in [5, 5.41) is 0. The molecule has 0 aliphatic rings. The Hall–Kier alpha value is -0.600. The monoisotopic (exact) mass is 212 g/mol. The van der Waals surface area contributed by atoms with Gasteiger partial charge in [-0.15, -0.1) is 11.6 Å². The van der Waals surface area contributed by atoms with Crippen LogP contribution in [0.5, 0.6) is 0 Å². The van der Waals surface area contributed by atoms with Gasteiger partial charge in [0.1, 0.15) is 0 Å². The van der Waals surface area contributed by atoms with Crippen molar-refractivity contribution in [2.75, 3.05) is 12.9 Å². The molecule has 0 aliphatic heterocycles. The predicted octanol–water partition coefficient (Wildman–Crippen LogP) is 2.53. The first-order chi connectivity index (χ1) is 6.56. The Morgan fingerprint density at radius 1 is 1.43 bits per heavy atom. The Morgan fingerprint density at radius 3 is 2.64 bits per heavy atom. The van der Waals surface area contributed by atoms with Gasteiger partial charge >= 0.3 is 0 Å². The van der Waals surface area contributed by atoms with Crippen LogP contribution in [0, 0.1) is 0 Å². The summed E-state index contributed by atoms with van der Waals surface area (Å²) < 4.78 is 0. The van der Waals surface area contributed by atoms with Crippen molar-refractivity contribution in [3.63, 3.8) is 0 Å². The lowest BCUT2D eigenvalue weighted by molar-refractivity contribution is 0.169. The zero-order valence-electron chi connectivity index (χ0n) is 9.00. The average molecular weight is 213 g/mol. The largest absolute Gasteiger partial charge is 0.294 e. The molecule has 0 fully saturated rings. The van der Waals surface area contributed by atoms with Gasteiger partial charge in [0.2, 0.25) is 0 Å². The van der Waals surface area contributed by atoms with Crippen molar-refractivity contribution in [1.29, 1.82) is 0 Å². The number of nitrogens with zero attached hydrogens (tertiary/aromatic N) is 2. The van der Waals surface area contributed by atoms with Gasteiger partial charge in [0.25, 0.3) is 0 Å². The maximum absolute atomic E-state index is 5.89. The summed E-state index contributed by atoms with van der Waals surface area (Å²) in [6.07, 6.45) is 1.82. The molecule has 0 amide bonds. The molecule has 0 saturated carbocycles. The average Bonchev–Trinajstić information content (AvgIpc) is 2.19. The zero-order chi connectivity index (χ0) is 10.6. The van der Waals surface area contributed by atoms with Crippen LogP contribution in [0.2, 0.25) is 0 Å². The molecule has 0 saturated heterocycles. The zero-order valence-corrected chi connectivity index (χ0v) is 9.75. The second kappa shape index (κ2) is 4.76. The highest BCUT2D eigenvalue weighted by atomic mass is 35.5. The van der Waals surface area contributed by atoms with Crippen LogP contribution in [-0.4, -0.2) is 28.4 Å². The predicted molar refractivity (Wildman–Crippen MR) is 60.5 cm³/mol. The smallest absolute Gasteiger partial charge is 0.0544 e. The number of rotatable bonds is 4. The summed E-state index contributed by atoms with van der Waals surface area (Å²) in [6, 6.07) is 5.96. The molecule has 1 aromatic heterocycles. The molecule has 0 atom stereocenters. The Labute approximate surface area is 90.9 Å². The van der Waals surface area contributed by atoms with Crippen molar-refractivity contribution in [2.45, 2.75) is 25.9 Å². The van der Waals surface area contributed by atoms with E-state index in [4.69, 9.17) is 11.6 Å². The molecule has 1 heterocycles. The van der Waals surface area contributed by atoms with Gasteiger partial charge in [-0.05, 0) is 33.0 Å². The van der Waals surface area contributed by atoms with Gasteiger partial charge < -0.3 is 0 Å². The van der Waals surface area contributed by atoms with Gasteiger partial charge in [-0.25, -0.2) is 0 Å². The van der Waals surface area contributed by atoms with Crippen LogP contribution >= 0.6 is 11.6 Å². The Balaban J connectivity index is 2.62. The number of aromatic nitrogens is 1. The first-order valence-electron chi connectivity index (χ1n) is 4.73. The molecule has 0 radical (unpaired) electrons. The molecule has 1 aromatic rings. The first kappa shape index (κ1) is 11.5. The standard InChI is InChI=1S/C11H17ClN2/c1-11(2,9-12)14(3)8-10-6-4-5-7-13-10/h4-7H,8-9H2,1-3H3. The number of hydrogen-bond acceptors (Lipinski definition) is 2. The number of alkyl halides is 1. The molecule has 0 unspecified atom stereocenters. The van der Waals surface area contributed by atoms with Gasteiger partial charge in [0.15, 0.2) is 0 Å². The molecule has 0 N–H and O–H groups in total. The van der Waals surface area contributed by atoms with E-state index in [1.807, 2.05) is 24.4 Å². The van der Waals surface area contributed by atoms with E-state index >= 15 is 0 Å². The fourth-order valence-electron chi connectivity index (χ4n) is 1.05. The molecular formula is C11H17ClN2. The number of hydrogen-bond donors (Lipinski definition) is 0. The van der Waals surface area contributed by atoms with Crippen molar-refractivity contribution in [3.8, 4) is 0 Å². The van der Waals surface area contributed by atoms with Gasteiger partial charge in [0.05, 0.1) is 5.69 Å². The summed E-state index contributed by atoms with van der Waals surface area (Å²) in [7, 11) is 2.07. The minimum absolute atomic E-state index is 0.0130. The summed E-state index contributed by atoms with van der Waals surface area (Å²) in [5.74, 6) is 0.621. The van der Waals surface area contributed by atoms with E-state index in [9.17, 15) is 0 Å². The molecule has 2 nitrogen and oxygen atoms in total. The summed E-state index contributed by atoms with van der Waals surface area (Å²) >= 11 is 5.89. The Bertz CT molecular complexity index is 272. The molecule has 14 heavy (non-hydrogen) atoms. The van der Waals surface area contributed by atoms with Crippen LogP contribution in [0.3, 0.4) is 0 Å². The Morgan fingerprint density at radius 2 is 2.14 bits per heavy atom. The topological polar surface area (TPSA) is 16.1 Å². The second-order valence-corrected chi connectivity index (χ2v) is 4.39. The van der Waals surface area contributed by atoms with Crippen molar-refractivity contribution in [2.24, 2.45) is 0 Å². The molecular weight excluding hydrogens is 196 g/mol. The lowest BCUT2D eigenvalue weighted by Crippen LogP contribution is -2.42. The molecule has 0 bridgehead atoms. The van der Waals surface area contributed by atoms with Crippen molar-refractivity contribution < 1.29 is 0 Å². The van der Waals surface area contributed by atoms with Crippen molar-refractivity contribution in [3.05, 3.63) is 30.1 Å². The normalized spacial score (nSPS) is 12.1. The molecule has 0 aromatic carbocycles. The number of halogens is 1. The highest BCUT2D eigenvalue weighted by Crippen LogP contribution is 2.16. The van der Waals surface area contributed by atoms with E-state index in [0.717, 1.165) is 12.2 Å². The third-order valence-corrected chi connectivity index (χ3v) is 3.14. The minimum Gasteiger partial charge on any atom is -0.294 e. The SMILES string of the molecule is CN(Cc1ccccn1)C(C)(C)CCl. The van der Waals surface area contributed by atoms with Crippen LogP contribution in [0.15, 0.2) is 24.4 Å². The molecule has 0 spiro atoms. The third kappa shape index (κ3) is 2.96. The maximum atomic E-state index is 5.89. The fraction of sp³-hybridized carbons (Fsp3) is 0.545. The van der Waals surface area contributed by atoms with Gasteiger partial charge in [0, 0.05) is 24.2 Å². The lowest BCUT2D eigenvalue weighted by atomic mass is 10.1. The summed E-state index contributed by atoms with van der Waals surface area (Å²) in [5.41, 5.74) is 1.09. The van der Waals surface area contributed by atoms with Crippen LogP contribution in [0.4, 0.5) is 0 Å². The fourth-order valence-corrected chi connectivity index (χ4v) is 1.25. The lowest BCUT2D eigenvalue weighted by Gasteiger charge is -2.33. The van der Waals surface area contributed by atoms with Crippen LogP contribution in [-0.2, 0) is 6.54 Å². The van der Waals surface area contributed by atoms with Crippen LogP contribution in [0.25, 0.3) is 0 Å². The van der Waals surface area contributed by atoms with E-state index in [1.54, 1.807) is 0 Å². The van der Waals surface area contributed by atoms with Gasteiger partial charge in [-0.3, -0.25) is 9.88 Å². The molecule has 3 heteroatoms. The van der Waals surface area contributed by atoms with E-state index < -0.39 is 0 Å². The first-order valence-corrected chi connectivity index (χ1v) is 5.27. The number of pyridine rings is 1. The maximum Gasteiger partial charge on any atom is 0.0544 e. The second-order valence-electron chi connectivity index (χ2n) is 4.12. The summed E-state index contributed by atoms with van der Waals surface area (Å²) in [6.45, 7) is 5.09. The minimum atomic E-state index is 0.0130. The van der Waals surface area contributed by atoms with Gasteiger partial charge in [-0.1, -0.05) is 6.07 Å². The summed E-state index contributed by atoms with van der Waals surface area (Å²) in [4.78, 5) is 6.49. The highest BCUT2D eigenvalue weighted by Gasteiger charge is 2.22. The van der Waals surface area contributed by atoms with Crippen LogP contribution < -0.4 is 0 Å². The van der Waals surface area contributed by atoms with Crippen LogP contribution in [0.1, 0.15) is 19.5 Å². The van der Waals surface area contributed by atoms with E-state index in [2.05, 4.69) is 30.8 Å².